The number of pyridine rings is 1. The van der Waals surface area contributed by atoms with Gasteiger partial charge in [0.15, 0.2) is 0 Å². The van der Waals surface area contributed by atoms with E-state index in [4.69, 9.17) is 0 Å². The second kappa shape index (κ2) is 10.4. The minimum atomic E-state index is -3.34. The van der Waals surface area contributed by atoms with Crippen molar-refractivity contribution < 1.29 is 13.2 Å². The third-order valence-electron chi connectivity index (χ3n) is 6.62. The highest BCUT2D eigenvalue weighted by atomic mass is 32.2. The average Bonchev–Trinajstić information content (AvgIpc) is 3.22. The van der Waals surface area contributed by atoms with Crippen molar-refractivity contribution >= 4 is 21.9 Å². The summed E-state index contributed by atoms with van der Waals surface area (Å²) in [6, 6.07) is 9.77. The minimum absolute atomic E-state index is 0.247. The van der Waals surface area contributed by atoms with Crippen molar-refractivity contribution in [1.29, 1.82) is 0 Å². The van der Waals surface area contributed by atoms with E-state index in [0.717, 1.165) is 43.7 Å². The lowest BCUT2D eigenvalue weighted by atomic mass is 10.0. The highest BCUT2D eigenvalue weighted by molar-refractivity contribution is 7.86. The van der Waals surface area contributed by atoms with Crippen molar-refractivity contribution in [2.45, 2.75) is 26.3 Å². The Morgan fingerprint density at radius 3 is 2.56 bits per heavy atom. The Kier molecular flexibility index (Phi) is 7.51. The van der Waals surface area contributed by atoms with Gasteiger partial charge in [-0.3, -0.25) is 4.98 Å². The molecule has 9 nitrogen and oxygen atoms in total. The lowest BCUT2D eigenvalue weighted by Gasteiger charge is -2.36. The normalized spacial score (nSPS) is 19.2. The lowest BCUT2D eigenvalue weighted by Crippen LogP contribution is -2.52. The van der Waals surface area contributed by atoms with E-state index in [1.807, 2.05) is 19.1 Å². The second-order valence-corrected chi connectivity index (χ2v) is 11.5. The number of nitrogens with zero attached hydrogens (tertiary/aromatic N) is 4. The summed E-state index contributed by atoms with van der Waals surface area (Å²) in [6.45, 7) is 5.90. The van der Waals surface area contributed by atoms with E-state index in [1.165, 1.54) is 15.4 Å². The summed E-state index contributed by atoms with van der Waals surface area (Å²) in [5.41, 5.74) is 5.40. The van der Waals surface area contributed by atoms with Crippen LogP contribution >= 0.6 is 0 Å². The van der Waals surface area contributed by atoms with Gasteiger partial charge in [0.05, 0.1) is 11.9 Å². The van der Waals surface area contributed by atoms with Crippen molar-refractivity contribution in [2.24, 2.45) is 5.92 Å². The summed E-state index contributed by atoms with van der Waals surface area (Å²) < 4.78 is 27.5. The van der Waals surface area contributed by atoms with Gasteiger partial charge in [-0.15, -0.1) is 0 Å². The fourth-order valence-corrected chi connectivity index (χ4v) is 5.83. The summed E-state index contributed by atoms with van der Waals surface area (Å²) in [4.78, 5) is 18.9. The first-order chi connectivity index (χ1) is 16.2. The number of fused-ring (bicyclic) bond motifs is 1. The first-order valence-corrected chi connectivity index (χ1v) is 13.1. The minimum Gasteiger partial charge on any atom is -0.334 e. The third kappa shape index (κ3) is 5.75. The van der Waals surface area contributed by atoms with E-state index in [0.29, 0.717) is 31.2 Å². The standard InChI is InChI=1S/C24H34N6O3S/c1-18-7-8-22(16-25-18)27-24(31)26-15-21-6-4-5-20-13-19(14-23(20)21)17-29-9-11-30(12-10-29)34(32,33)28(2)3/h4-8,16,19H,9-15,17H2,1-3H3,(H2,26,27,31). The van der Waals surface area contributed by atoms with E-state index in [-0.39, 0.29) is 6.03 Å². The van der Waals surface area contributed by atoms with Gasteiger partial charge in [0, 0.05) is 59.1 Å². The number of carbonyl (C=O) groups excluding carboxylic acids is 1. The molecule has 4 rings (SSSR count). The van der Waals surface area contributed by atoms with Gasteiger partial charge < -0.3 is 15.5 Å². The highest BCUT2D eigenvalue weighted by Gasteiger charge is 2.31. The highest BCUT2D eigenvalue weighted by Crippen LogP contribution is 2.30. The number of carbonyl (C=O) groups is 1. The Bertz CT molecular complexity index is 1110. The van der Waals surface area contributed by atoms with Gasteiger partial charge in [0.25, 0.3) is 10.2 Å². The third-order valence-corrected chi connectivity index (χ3v) is 8.56. The zero-order chi connectivity index (χ0) is 24.3. The van der Waals surface area contributed by atoms with E-state index in [9.17, 15) is 13.2 Å². The molecule has 2 aliphatic rings. The van der Waals surface area contributed by atoms with Gasteiger partial charge in [0.2, 0.25) is 0 Å². The van der Waals surface area contributed by atoms with Crippen LogP contribution in [0.3, 0.4) is 0 Å². The molecule has 1 atom stereocenters. The van der Waals surface area contributed by atoms with Crippen molar-refractivity contribution in [3.63, 3.8) is 0 Å². The number of hydrogen-bond acceptors (Lipinski definition) is 5. The summed E-state index contributed by atoms with van der Waals surface area (Å²) >= 11 is 0. The number of urea groups is 1. The number of hydrogen-bond donors (Lipinski definition) is 2. The molecule has 184 valence electrons. The van der Waals surface area contributed by atoms with Crippen LogP contribution in [0.5, 0.6) is 0 Å². The number of amides is 2. The molecule has 34 heavy (non-hydrogen) atoms. The number of anilines is 1. The Hall–Kier alpha value is -2.53. The maximum Gasteiger partial charge on any atom is 0.319 e. The van der Waals surface area contributed by atoms with Crippen LogP contribution in [0, 0.1) is 12.8 Å². The predicted molar refractivity (Wildman–Crippen MR) is 133 cm³/mol. The summed E-state index contributed by atoms with van der Waals surface area (Å²) in [5, 5.41) is 5.78. The Labute approximate surface area is 202 Å². The first kappa shape index (κ1) is 24.6. The van der Waals surface area contributed by atoms with Crippen molar-refractivity contribution in [1.82, 2.24) is 23.8 Å². The molecular weight excluding hydrogens is 452 g/mol. The molecule has 2 N–H and O–H groups in total. The number of benzene rings is 1. The van der Waals surface area contributed by atoms with E-state index in [1.54, 1.807) is 24.6 Å². The molecule has 1 unspecified atom stereocenters. The number of aryl methyl sites for hydroxylation is 1. The molecule has 0 radical (unpaired) electrons. The van der Waals surface area contributed by atoms with Gasteiger partial charge in [-0.05, 0) is 54.5 Å². The summed E-state index contributed by atoms with van der Waals surface area (Å²) in [7, 11) is -0.185. The van der Waals surface area contributed by atoms with Gasteiger partial charge >= 0.3 is 6.03 Å². The number of rotatable bonds is 7. The zero-order valence-electron chi connectivity index (χ0n) is 20.1. The molecule has 2 amide bonds. The molecule has 0 bridgehead atoms. The molecule has 1 aromatic heterocycles. The summed E-state index contributed by atoms with van der Waals surface area (Å²) in [5.74, 6) is 0.501. The number of piperazine rings is 1. The van der Waals surface area contributed by atoms with E-state index >= 15 is 0 Å². The molecule has 2 heterocycles. The molecule has 0 saturated carbocycles. The Morgan fingerprint density at radius 2 is 1.88 bits per heavy atom. The zero-order valence-corrected chi connectivity index (χ0v) is 20.9. The van der Waals surface area contributed by atoms with Crippen molar-refractivity contribution in [2.75, 3.05) is 52.1 Å². The van der Waals surface area contributed by atoms with E-state index in [2.05, 4.69) is 38.7 Å². The lowest BCUT2D eigenvalue weighted by molar-refractivity contribution is 0.163. The van der Waals surface area contributed by atoms with Gasteiger partial charge in [-0.2, -0.15) is 17.0 Å². The molecular formula is C24H34N6O3S. The van der Waals surface area contributed by atoms with Gasteiger partial charge in [0.1, 0.15) is 0 Å². The first-order valence-electron chi connectivity index (χ1n) is 11.7. The van der Waals surface area contributed by atoms with Crippen LogP contribution in [0.25, 0.3) is 0 Å². The smallest absolute Gasteiger partial charge is 0.319 e. The predicted octanol–water partition coefficient (Wildman–Crippen LogP) is 1.85. The SMILES string of the molecule is Cc1ccc(NC(=O)NCc2cccc3c2CC(CN2CCN(S(=O)(=O)N(C)C)CC2)C3)cn1. The number of aromatic nitrogens is 1. The van der Waals surface area contributed by atoms with Crippen LogP contribution in [-0.4, -0.2) is 79.8 Å². The maximum absolute atomic E-state index is 12.3. The second-order valence-electron chi connectivity index (χ2n) is 9.31. The van der Waals surface area contributed by atoms with Crippen LogP contribution in [-0.2, 0) is 29.6 Å². The molecule has 1 saturated heterocycles. The molecule has 1 aliphatic heterocycles. The topological polar surface area (TPSA) is 97.9 Å². The van der Waals surface area contributed by atoms with Gasteiger partial charge in [-0.1, -0.05) is 18.2 Å². The molecule has 10 heteroatoms. The fraction of sp³-hybridized carbons (Fsp3) is 0.500. The largest absolute Gasteiger partial charge is 0.334 e. The molecule has 2 aromatic rings. The van der Waals surface area contributed by atoms with Crippen LogP contribution in [0.15, 0.2) is 36.5 Å². The van der Waals surface area contributed by atoms with Crippen LogP contribution < -0.4 is 10.6 Å². The Balaban J connectivity index is 1.28. The fourth-order valence-electron chi connectivity index (χ4n) is 4.74. The molecule has 1 aliphatic carbocycles. The maximum atomic E-state index is 12.3. The van der Waals surface area contributed by atoms with Gasteiger partial charge in [-0.25, -0.2) is 4.79 Å². The summed E-state index contributed by atoms with van der Waals surface area (Å²) in [6.07, 6.45) is 3.64. The number of nitrogens with one attached hydrogen (secondary N) is 2. The van der Waals surface area contributed by atoms with Crippen LogP contribution in [0.4, 0.5) is 10.5 Å². The Morgan fingerprint density at radius 1 is 1.12 bits per heavy atom. The van der Waals surface area contributed by atoms with Crippen LogP contribution in [0.1, 0.15) is 22.4 Å². The molecule has 1 aromatic carbocycles. The molecule has 0 spiro atoms. The van der Waals surface area contributed by atoms with Crippen molar-refractivity contribution in [3.8, 4) is 0 Å². The molecule has 1 fully saturated rings. The van der Waals surface area contributed by atoms with Crippen molar-refractivity contribution in [3.05, 3.63) is 58.9 Å². The van der Waals surface area contributed by atoms with E-state index < -0.39 is 10.2 Å². The average molecular weight is 487 g/mol. The quantitative estimate of drug-likeness (QED) is 0.623. The monoisotopic (exact) mass is 486 g/mol. The van der Waals surface area contributed by atoms with Crippen LogP contribution in [0.2, 0.25) is 0 Å².